The van der Waals surface area contributed by atoms with Gasteiger partial charge in [0.15, 0.2) is 6.61 Å². The molecule has 2 atom stereocenters. The van der Waals surface area contributed by atoms with Crippen LogP contribution in [0.15, 0.2) is 53.0 Å². The number of aliphatic hydroxyl groups excluding tert-OH is 1. The van der Waals surface area contributed by atoms with Crippen LogP contribution >= 0.6 is 15.9 Å². The van der Waals surface area contributed by atoms with Gasteiger partial charge in [0.25, 0.3) is 5.91 Å². The van der Waals surface area contributed by atoms with Crippen LogP contribution in [0.5, 0.6) is 5.75 Å². The Morgan fingerprint density at radius 3 is 2.56 bits per heavy atom. The molecule has 1 fully saturated rings. The van der Waals surface area contributed by atoms with Crippen molar-refractivity contribution in [2.45, 2.75) is 24.7 Å². The van der Waals surface area contributed by atoms with Crippen molar-refractivity contribution in [3.63, 3.8) is 0 Å². The number of hydrogen-bond acceptors (Lipinski definition) is 3. The zero-order valence-corrected chi connectivity index (χ0v) is 15.7. The molecule has 27 heavy (non-hydrogen) atoms. The largest absolute Gasteiger partial charge is 0.484 e. The highest BCUT2D eigenvalue weighted by Gasteiger charge is 2.36. The molecule has 1 heterocycles. The first kappa shape index (κ1) is 19.7. The van der Waals surface area contributed by atoms with Crippen LogP contribution in [-0.4, -0.2) is 35.2 Å². The van der Waals surface area contributed by atoms with Crippen LogP contribution < -0.4 is 4.74 Å². The summed E-state index contributed by atoms with van der Waals surface area (Å²) in [6.45, 7) is -0.104. The molecule has 3 rings (SSSR count). The van der Waals surface area contributed by atoms with Gasteiger partial charge in [-0.1, -0.05) is 34.1 Å². The van der Waals surface area contributed by atoms with Crippen molar-refractivity contribution in [3.8, 4) is 5.75 Å². The van der Waals surface area contributed by atoms with Crippen LogP contribution in [0, 0.1) is 0 Å². The van der Waals surface area contributed by atoms with Gasteiger partial charge in [-0.15, -0.1) is 0 Å². The summed E-state index contributed by atoms with van der Waals surface area (Å²) >= 11 is 3.31. The second-order valence-corrected chi connectivity index (χ2v) is 7.23. The molecule has 0 bridgehead atoms. The molecule has 8 heteroatoms. The Labute approximate surface area is 162 Å². The van der Waals surface area contributed by atoms with Gasteiger partial charge in [-0.3, -0.25) is 4.79 Å². The molecule has 0 radical (unpaired) electrons. The Balaban J connectivity index is 1.70. The minimum Gasteiger partial charge on any atom is -0.484 e. The average molecular weight is 444 g/mol. The lowest BCUT2D eigenvalue weighted by atomic mass is 10.0. The number of halogens is 4. The molecule has 0 spiro atoms. The number of carbonyl (C=O) groups is 1. The van der Waals surface area contributed by atoms with Gasteiger partial charge in [0, 0.05) is 11.0 Å². The molecular formula is C19H17BrF3NO3. The van der Waals surface area contributed by atoms with E-state index in [4.69, 9.17) is 4.74 Å². The number of ether oxygens (including phenoxy) is 1. The summed E-state index contributed by atoms with van der Waals surface area (Å²) in [4.78, 5) is 14.0. The molecular weight excluding hydrogens is 427 g/mol. The van der Waals surface area contributed by atoms with Crippen LogP contribution in [0.3, 0.4) is 0 Å². The van der Waals surface area contributed by atoms with E-state index in [9.17, 15) is 23.1 Å². The fourth-order valence-corrected chi connectivity index (χ4v) is 3.46. The number of amides is 1. The minimum absolute atomic E-state index is 0.117. The van der Waals surface area contributed by atoms with Crippen molar-refractivity contribution in [2.75, 3.05) is 13.2 Å². The van der Waals surface area contributed by atoms with Gasteiger partial charge in [-0.05, 0) is 42.3 Å². The van der Waals surface area contributed by atoms with Crippen molar-refractivity contribution >= 4 is 21.8 Å². The van der Waals surface area contributed by atoms with Gasteiger partial charge in [-0.2, -0.15) is 13.2 Å². The molecule has 1 saturated heterocycles. The predicted octanol–water partition coefficient (Wildman–Crippen LogP) is 4.18. The molecule has 2 aromatic rings. The number of rotatable bonds is 4. The fourth-order valence-electron chi connectivity index (χ4n) is 3.08. The first-order valence-corrected chi connectivity index (χ1v) is 9.06. The van der Waals surface area contributed by atoms with E-state index in [1.54, 1.807) is 18.2 Å². The first-order valence-electron chi connectivity index (χ1n) is 8.27. The summed E-state index contributed by atoms with van der Waals surface area (Å²) < 4.78 is 44.5. The van der Waals surface area contributed by atoms with E-state index in [2.05, 4.69) is 15.9 Å². The van der Waals surface area contributed by atoms with E-state index < -0.39 is 23.9 Å². The molecule has 1 N–H and O–H groups in total. The molecule has 0 aliphatic carbocycles. The van der Waals surface area contributed by atoms with Crippen LogP contribution in [0.2, 0.25) is 0 Å². The standard InChI is InChI=1S/C19H17BrF3NO3/c20-14-2-1-3-16(8-14)27-11-18(26)24-10-15(25)9-17(24)12-4-6-13(7-5-12)19(21,22)23/h1-8,15,17,25H,9-11H2/t15-,17-/m1/s1. The van der Waals surface area contributed by atoms with E-state index >= 15 is 0 Å². The monoisotopic (exact) mass is 443 g/mol. The van der Waals surface area contributed by atoms with Crippen molar-refractivity contribution < 1.29 is 27.8 Å². The van der Waals surface area contributed by atoms with E-state index in [0.29, 0.717) is 11.3 Å². The Kier molecular flexibility index (Phi) is 5.76. The summed E-state index contributed by atoms with van der Waals surface area (Å²) in [7, 11) is 0. The number of benzene rings is 2. The third-order valence-corrected chi connectivity index (χ3v) is 4.87. The molecule has 0 aromatic heterocycles. The van der Waals surface area contributed by atoms with Crippen LogP contribution in [0.1, 0.15) is 23.6 Å². The number of hydrogen-bond donors (Lipinski definition) is 1. The average Bonchev–Trinajstić information content (AvgIpc) is 3.01. The maximum atomic E-state index is 12.7. The summed E-state index contributed by atoms with van der Waals surface area (Å²) in [5, 5.41) is 9.96. The normalized spacial score (nSPS) is 20.0. The Hall–Kier alpha value is -2.06. The summed E-state index contributed by atoms with van der Waals surface area (Å²) in [5.41, 5.74) is -0.198. The van der Waals surface area contributed by atoms with Gasteiger partial charge in [0.05, 0.1) is 17.7 Å². The number of likely N-dealkylation sites (tertiary alicyclic amines) is 1. The van der Waals surface area contributed by atoms with Gasteiger partial charge in [0.2, 0.25) is 0 Å². The minimum atomic E-state index is -4.42. The van der Waals surface area contributed by atoms with Gasteiger partial charge in [-0.25, -0.2) is 0 Å². The number of nitrogens with zero attached hydrogens (tertiary/aromatic N) is 1. The third-order valence-electron chi connectivity index (χ3n) is 4.38. The second-order valence-electron chi connectivity index (χ2n) is 6.32. The third kappa shape index (κ3) is 4.81. The lowest BCUT2D eigenvalue weighted by Gasteiger charge is -2.25. The Morgan fingerprint density at radius 1 is 1.22 bits per heavy atom. The molecule has 144 valence electrons. The summed E-state index contributed by atoms with van der Waals surface area (Å²) in [6, 6.07) is 11.2. The zero-order chi connectivity index (χ0) is 19.6. The number of aliphatic hydroxyl groups is 1. The maximum Gasteiger partial charge on any atom is 0.416 e. The highest BCUT2D eigenvalue weighted by Crippen LogP contribution is 2.35. The Bertz CT molecular complexity index is 811. The van der Waals surface area contributed by atoms with Crippen molar-refractivity contribution in [3.05, 3.63) is 64.1 Å². The van der Waals surface area contributed by atoms with Crippen molar-refractivity contribution in [2.24, 2.45) is 0 Å². The number of β-amino-alcohol motifs (C(OH)–C–C–N with tert-alkyl or cyclic N) is 1. The number of carbonyl (C=O) groups excluding carboxylic acids is 1. The molecule has 1 amide bonds. The van der Waals surface area contributed by atoms with Crippen LogP contribution in [-0.2, 0) is 11.0 Å². The SMILES string of the molecule is O=C(COc1cccc(Br)c1)N1C[C@H](O)C[C@@H]1c1ccc(C(F)(F)F)cc1. The van der Waals surface area contributed by atoms with Crippen molar-refractivity contribution in [1.29, 1.82) is 0 Å². The molecule has 1 aliphatic rings. The molecule has 2 aromatic carbocycles. The van der Waals surface area contributed by atoms with E-state index in [0.717, 1.165) is 16.6 Å². The maximum absolute atomic E-state index is 12.7. The number of alkyl halides is 3. The summed E-state index contributed by atoms with van der Waals surface area (Å²) in [5.74, 6) is 0.181. The smallest absolute Gasteiger partial charge is 0.416 e. The first-order chi connectivity index (χ1) is 12.7. The molecule has 1 aliphatic heterocycles. The summed E-state index contributed by atoms with van der Waals surface area (Å²) in [6.07, 6.45) is -4.87. The fraction of sp³-hybridized carbons (Fsp3) is 0.316. The van der Waals surface area contributed by atoms with Gasteiger partial charge in [0.1, 0.15) is 5.75 Å². The van der Waals surface area contributed by atoms with Gasteiger partial charge >= 0.3 is 6.18 Å². The second kappa shape index (κ2) is 7.90. The Morgan fingerprint density at radius 2 is 1.93 bits per heavy atom. The lowest BCUT2D eigenvalue weighted by Crippen LogP contribution is -2.35. The van der Waals surface area contributed by atoms with E-state index in [1.165, 1.54) is 17.0 Å². The van der Waals surface area contributed by atoms with E-state index in [-0.39, 0.29) is 25.5 Å². The quantitative estimate of drug-likeness (QED) is 0.770. The lowest BCUT2D eigenvalue weighted by molar-refractivity contribution is -0.138. The van der Waals surface area contributed by atoms with Crippen LogP contribution in [0.25, 0.3) is 0 Å². The van der Waals surface area contributed by atoms with Gasteiger partial charge < -0.3 is 14.7 Å². The zero-order valence-electron chi connectivity index (χ0n) is 14.1. The molecule has 4 nitrogen and oxygen atoms in total. The molecule has 0 saturated carbocycles. The highest BCUT2D eigenvalue weighted by molar-refractivity contribution is 9.10. The highest BCUT2D eigenvalue weighted by atomic mass is 79.9. The topological polar surface area (TPSA) is 49.8 Å². The predicted molar refractivity (Wildman–Crippen MR) is 96.2 cm³/mol. The van der Waals surface area contributed by atoms with E-state index in [1.807, 2.05) is 6.07 Å². The van der Waals surface area contributed by atoms with Crippen LogP contribution in [0.4, 0.5) is 13.2 Å². The molecule has 0 unspecified atom stereocenters. The van der Waals surface area contributed by atoms with Crippen molar-refractivity contribution in [1.82, 2.24) is 4.90 Å².